The Kier molecular flexibility index (Phi) is 2.29. The minimum absolute atomic E-state index is 0.515. The molecule has 1 aromatic carbocycles. The van der Waals surface area contributed by atoms with Crippen LogP contribution in [0.4, 0.5) is 5.13 Å². The fourth-order valence-electron chi connectivity index (χ4n) is 1.76. The maximum atomic E-state index is 5.65. The van der Waals surface area contributed by atoms with Gasteiger partial charge in [-0.25, -0.2) is 0 Å². The van der Waals surface area contributed by atoms with E-state index in [0.29, 0.717) is 5.13 Å². The van der Waals surface area contributed by atoms with Gasteiger partial charge in [-0.2, -0.15) is 4.52 Å². The molecule has 0 fully saturated rings. The van der Waals surface area contributed by atoms with Gasteiger partial charge in [0.25, 0.3) is 0 Å². The molecule has 2 aromatic heterocycles. The summed E-state index contributed by atoms with van der Waals surface area (Å²) in [6, 6.07) is 8.23. The van der Waals surface area contributed by atoms with Crippen LogP contribution in [0.5, 0.6) is 0 Å². The van der Waals surface area contributed by atoms with Crippen LogP contribution in [0.1, 0.15) is 17.0 Å². The highest BCUT2D eigenvalue weighted by molar-refractivity contribution is 7.20. The van der Waals surface area contributed by atoms with E-state index in [0.717, 1.165) is 17.2 Å². The molecule has 0 amide bonds. The largest absolute Gasteiger partial charge is 0.374 e. The number of hydrogen-bond acceptors (Lipinski definition) is 5. The first-order valence-electron chi connectivity index (χ1n) is 5.25. The molecule has 2 heterocycles. The third kappa shape index (κ3) is 1.76. The van der Waals surface area contributed by atoms with Crippen LogP contribution in [0.3, 0.4) is 0 Å². The number of nitrogens with zero attached hydrogens (tertiary/aromatic N) is 4. The van der Waals surface area contributed by atoms with Crippen molar-refractivity contribution in [2.24, 2.45) is 0 Å². The lowest BCUT2D eigenvalue weighted by atomic mass is 10.1. The predicted molar refractivity (Wildman–Crippen MR) is 67.1 cm³/mol. The van der Waals surface area contributed by atoms with Gasteiger partial charge in [-0.05, 0) is 18.1 Å². The normalized spacial score (nSPS) is 11.1. The molecule has 3 aromatic rings. The summed E-state index contributed by atoms with van der Waals surface area (Å²) in [5.74, 6) is 0.822. The summed E-state index contributed by atoms with van der Waals surface area (Å²) in [4.78, 5) is 0.742. The third-order valence-corrected chi connectivity index (χ3v) is 3.41. The van der Waals surface area contributed by atoms with E-state index >= 15 is 0 Å². The van der Waals surface area contributed by atoms with Gasteiger partial charge in [0, 0.05) is 6.42 Å². The highest BCUT2D eigenvalue weighted by atomic mass is 32.1. The summed E-state index contributed by atoms with van der Waals surface area (Å²) in [6.07, 6.45) is 0.719. The van der Waals surface area contributed by atoms with Crippen LogP contribution >= 0.6 is 11.3 Å². The van der Waals surface area contributed by atoms with Crippen molar-refractivity contribution in [2.45, 2.75) is 13.3 Å². The van der Waals surface area contributed by atoms with Crippen molar-refractivity contribution in [2.75, 3.05) is 5.73 Å². The number of benzene rings is 1. The van der Waals surface area contributed by atoms with E-state index in [1.54, 1.807) is 4.52 Å². The van der Waals surface area contributed by atoms with Gasteiger partial charge in [-0.1, -0.05) is 35.6 Å². The standard InChI is InChI=1S/C11H11N5S/c1-7-4-2-3-5-8(7)6-9-13-14-11-16(9)15-10(12)17-11/h2-5H,6H2,1H3,(H2,12,15). The van der Waals surface area contributed by atoms with Gasteiger partial charge in [0.2, 0.25) is 10.1 Å². The van der Waals surface area contributed by atoms with Gasteiger partial charge in [0.15, 0.2) is 5.82 Å². The molecule has 0 aliphatic carbocycles. The molecular formula is C11H11N5S. The van der Waals surface area contributed by atoms with Crippen LogP contribution in [-0.4, -0.2) is 19.8 Å². The Labute approximate surface area is 102 Å². The van der Waals surface area contributed by atoms with E-state index in [2.05, 4.69) is 34.4 Å². The second-order valence-electron chi connectivity index (χ2n) is 3.85. The minimum atomic E-state index is 0.515. The van der Waals surface area contributed by atoms with Crippen molar-refractivity contribution >= 4 is 21.4 Å². The van der Waals surface area contributed by atoms with Crippen molar-refractivity contribution in [3.63, 3.8) is 0 Å². The van der Waals surface area contributed by atoms with Crippen LogP contribution in [0.2, 0.25) is 0 Å². The Hall–Kier alpha value is -1.95. The summed E-state index contributed by atoms with van der Waals surface area (Å²) in [5, 5.41) is 12.9. The molecule has 0 bridgehead atoms. The van der Waals surface area contributed by atoms with Crippen LogP contribution in [0.15, 0.2) is 24.3 Å². The lowest BCUT2D eigenvalue weighted by Crippen LogP contribution is -1.99. The Morgan fingerprint density at radius 1 is 1.29 bits per heavy atom. The lowest BCUT2D eigenvalue weighted by Gasteiger charge is -2.02. The van der Waals surface area contributed by atoms with Gasteiger partial charge in [-0.3, -0.25) is 0 Å². The zero-order valence-corrected chi connectivity index (χ0v) is 10.1. The number of aryl methyl sites for hydroxylation is 1. The Balaban J connectivity index is 2.02. The average molecular weight is 245 g/mol. The summed E-state index contributed by atoms with van der Waals surface area (Å²) >= 11 is 1.34. The molecule has 2 N–H and O–H groups in total. The van der Waals surface area contributed by atoms with E-state index in [9.17, 15) is 0 Å². The fraction of sp³-hybridized carbons (Fsp3) is 0.182. The molecule has 17 heavy (non-hydrogen) atoms. The molecule has 0 aliphatic heterocycles. The SMILES string of the molecule is Cc1ccccc1Cc1nnc2sc(N)nn12. The van der Waals surface area contributed by atoms with Gasteiger partial charge in [0.05, 0.1) is 0 Å². The molecule has 0 radical (unpaired) electrons. The smallest absolute Gasteiger partial charge is 0.236 e. The van der Waals surface area contributed by atoms with E-state index in [1.165, 1.54) is 22.5 Å². The zero-order chi connectivity index (χ0) is 11.8. The third-order valence-electron chi connectivity index (χ3n) is 2.68. The molecule has 6 heteroatoms. The number of nitrogens with two attached hydrogens (primary N) is 1. The van der Waals surface area contributed by atoms with Crippen LogP contribution < -0.4 is 5.73 Å². The summed E-state index contributed by atoms with van der Waals surface area (Å²) in [5.41, 5.74) is 8.12. The highest BCUT2D eigenvalue weighted by Gasteiger charge is 2.11. The first-order valence-corrected chi connectivity index (χ1v) is 6.07. The van der Waals surface area contributed by atoms with E-state index in [4.69, 9.17) is 5.73 Å². The van der Waals surface area contributed by atoms with Crippen molar-refractivity contribution in [3.05, 3.63) is 41.2 Å². The van der Waals surface area contributed by atoms with E-state index in [-0.39, 0.29) is 0 Å². The molecule has 3 rings (SSSR count). The number of rotatable bonds is 2. The van der Waals surface area contributed by atoms with Crippen LogP contribution in [0.25, 0.3) is 4.96 Å². The quantitative estimate of drug-likeness (QED) is 0.745. The van der Waals surface area contributed by atoms with Crippen LogP contribution in [-0.2, 0) is 6.42 Å². The molecule has 0 atom stereocenters. The van der Waals surface area contributed by atoms with Gasteiger partial charge >= 0.3 is 0 Å². The number of aromatic nitrogens is 4. The van der Waals surface area contributed by atoms with Gasteiger partial charge in [0.1, 0.15) is 0 Å². The number of nitrogen functional groups attached to an aromatic ring is 1. The predicted octanol–water partition coefficient (Wildman–Crippen LogP) is 1.67. The average Bonchev–Trinajstić information content (AvgIpc) is 2.82. The summed E-state index contributed by atoms with van der Waals surface area (Å²) in [6.45, 7) is 2.09. The monoisotopic (exact) mass is 245 g/mol. The molecule has 5 nitrogen and oxygen atoms in total. The first kappa shape index (κ1) is 10.2. The van der Waals surface area contributed by atoms with Gasteiger partial charge in [-0.15, -0.1) is 15.3 Å². The summed E-state index contributed by atoms with van der Waals surface area (Å²) < 4.78 is 1.71. The number of fused-ring (bicyclic) bond motifs is 1. The Morgan fingerprint density at radius 2 is 2.12 bits per heavy atom. The molecule has 0 saturated heterocycles. The van der Waals surface area contributed by atoms with E-state index in [1.807, 2.05) is 12.1 Å². The highest BCUT2D eigenvalue weighted by Crippen LogP contribution is 2.18. The Bertz CT molecular complexity index is 669. The molecule has 0 spiro atoms. The maximum Gasteiger partial charge on any atom is 0.236 e. The van der Waals surface area contributed by atoms with E-state index < -0.39 is 0 Å². The van der Waals surface area contributed by atoms with Crippen molar-refractivity contribution in [1.82, 2.24) is 19.8 Å². The summed E-state index contributed by atoms with van der Waals surface area (Å²) in [7, 11) is 0. The lowest BCUT2D eigenvalue weighted by molar-refractivity contribution is 0.853. The molecule has 0 unspecified atom stereocenters. The minimum Gasteiger partial charge on any atom is -0.374 e. The number of hydrogen-bond donors (Lipinski definition) is 1. The van der Waals surface area contributed by atoms with Crippen molar-refractivity contribution < 1.29 is 0 Å². The second-order valence-corrected chi connectivity index (χ2v) is 4.84. The maximum absolute atomic E-state index is 5.65. The first-order chi connectivity index (χ1) is 8.24. The van der Waals surface area contributed by atoms with Crippen molar-refractivity contribution in [1.29, 1.82) is 0 Å². The zero-order valence-electron chi connectivity index (χ0n) is 9.29. The van der Waals surface area contributed by atoms with Crippen LogP contribution in [0, 0.1) is 6.92 Å². The van der Waals surface area contributed by atoms with Crippen molar-refractivity contribution in [3.8, 4) is 0 Å². The fourth-order valence-corrected chi connectivity index (χ4v) is 2.39. The molecular weight excluding hydrogens is 234 g/mol. The second kappa shape index (κ2) is 3.81. The Morgan fingerprint density at radius 3 is 2.94 bits per heavy atom. The number of anilines is 1. The molecule has 0 aliphatic rings. The van der Waals surface area contributed by atoms with Gasteiger partial charge < -0.3 is 5.73 Å². The topological polar surface area (TPSA) is 69.1 Å². The molecule has 86 valence electrons. The molecule has 0 saturated carbocycles.